The Hall–Kier alpha value is -2.71. The van der Waals surface area contributed by atoms with Crippen LogP contribution < -0.4 is 5.32 Å². The lowest BCUT2D eigenvalue weighted by Gasteiger charge is -2.55. The highest BCUT2D eigenvalue weighted by Gasteiger charge is 2.66. The van der Waals surface area contributed by atoms with Crippen molar-refractivity contribution >= 4 is 47.3 Å². The number of aliphatic carboxylic acids is 1. The number of carbonyl (C=O) groups excluding carboxylic acids is 3. The summed E-state index contributed by atoms with van der Waals surface area (Å²) >= 11 is 2.35. The molecule has 3 N–H and O–H groups in total. The van der Waals surface area contributed by atoms with Crippen molar-refractivity contribution in [2.75, 3.05) is 25.2 Å². The van der Waals surface area contributed by atoms with E-state index in [-0.39, 0.29) is 41.0 Å². The van der Waals surface area contributed by atoms with Gasteiger partial charge in [-0.2, -0.15) is 0 Å². The van der Waals surface area contributed by atoms with Crippen molar-refractivity contribution in [2.24, 2.45) is 0 Å². The third kappa shape index (κ3) is 4.50. The minimum atomic E-state index is -1.71. The summed E-state index contributed by atoms with van der Waals surface area (Å²) in [6.45, 7) is 0.948. The van der Waals surface area contributed by atoms with Gasteiger partial charge in [0.25, 0.3) is 17.5 Å². The van der Waals surface area contributed by atoms with Crippen LogP contribution in [0.4, 0.5) is 0 Å². The average molecular weight is 473 g/mol. The van der Waals surface area contributed by atoms with Crippen LogP contribution in [-0.2, 0) is 34.4 Å². The monoisotopic (exact) mass is 473 g/mol. The van der Waals surface area contributed by atoms with Crippen LogP contribution in [0.1, 0.15) is 12.7 Å². The molecular formula is C17H19N3O9S2. The average Bonchev–Trinajstić information content (AvgIpc) is 3.14. The number of carboxylic acids is 1. The number of esters is 1. The van der Waals surface area contributed by atoms with Crippen LogP contribution in [0.3, 0.4) is 0 Å². The molecule has 2 aliphatic heterocycles. The number of nitrogens with one attached hydrogen (secondary N) is 1. The molecule has 2 atom stereocenters. The molecule has 3 rings (SSSR count). The lowest BCUT2D eigenvalue weighted by Crippen LogP contribution is -2.80. The third-order valence-electron chi connectivity index (χ3n) is 4.43. The van der Waals surface area contributed by atoms with Crippen LogP contribution in [0.25, 0.3) is 0 Å². The number of thioether (sulfide) groups is 2. The Morgan fingerprint density at radius 3 is 2.81 bits per heavy atom. The molecule has 12 nitrogen and oxygen atoms in total. The predicted octanol–water partition coefficient (Wildman–Crippen LogP) is -0.111. The lowest BCUT2D eigenvalue weighted by atomic mass is 9.98. The fourth-order valence-corrected chi connectivity index (χ4v) is 5.22. The minimum Gasteiger partial charge on any atom is -0.491 e. The van der Waals surface area contributed by atoms with Gasteiger partial charge in [0.05, 0.1) is 11.5 Å². The molecule has 1 saturated heterocycles. The van der Waals surface area contributed by atoms with Gasteiger partial charge >= 0.3 is 11.9 Å². The number of aromatic hydroxyl groups is 1. The topological polar surface area (TPSA) is 168 Å². The van der Waals surface area contributed by atoms with Gasteiger partial charge in [0.2, 0.25) is 5.91 Å². The number of carbonyl (C=O) groups is 4. The van der Waals surface area contributed by atoms with Crippen LogP contribution in [0.5, 0.6) is 5.88 Å². The van der Waals surface area contributed by atoms with E-state index in [0.717, 1.165) is 16.7 Å². The molecule has 0 spiro atoms. The van der Waals surface area contributed by atoms with Crippen molar-refractivity contribution in [2.45, 2.75) is 23.8 Å². The number of amides is 2. The van der Waals surface area contributed by atoms with Crippen LogP contribution in [0, 0.1) is 0 Å². The summed E-state index contributed by atoms with van der Waals surface area (Å²) in [7, 11) is 1.25. The second kappa shape index (κ2) is 9.20. The van der Waals surface area contributed by atoms with E-state index in [1.54, 1.807) is 0 Å². The molecule has 168 valence electrons. The first kappa shape index (κ1) is 23.0. The maximum atomic E-state index is 12.9. The first-order valence-electron chi connectivity index (χ1n) is 8.82. The van der Waals surface area contributed by atoms with Crippen molar-refractivity contribution in [1.82, 2.24) is 15.4 Å². The number of β-lactam (4-membered cyclic amide) rings is 1. The molecule has 1 aromatic heterocycles. The molecule has 0 unspecified atom stereocenters. The molecule has 3 heterocycles. The number of methoxy groups -OCH3 is 1. The van der Waals surface area contributed by atoms with Crippen LogP contribution in [0.15, 0.2) is 21.9 Å². The Labute approximate surface area is 184 Å². The van der Waals surface area contributed by atoms with Gasteiger partial charge < -0.3 is 29.5 Å². The van der Waals surface area contributed by atoms with Crippen LogP contribution in [-0.4, -0.2) is 80.3 Å². The van der Waals surface area contributed by atoms with Crippen molar-refractivity contribution in [3.05, 3.63) is 23.1 Å². The number of fused-ring (bicyclic) bond motifs is 1. The SMILES string of the molecule is CO[C@@]1(NC(=O)CSCc2cc(O)no2)C(=O)N2C(C(=O)O)=C(COC(C)=O)CS[C@@H]21. The van der Waals surface area contributed by atoms with E-state index in [1.807, 2.05) is 0 Å². The molecule has 2 aliphatic rings. The number of hydrogen-bond donors (Lipinski definition) is 3. The quantitative estimate of drug-likeness (QED) is 0.247. The second-order valence-electron chi connectivity index (χ2n) is 6.51. The Kier molecular flexibility index (Phi) is 6.81. The lowest BCUT2D eigenvalue weighted by molar-refractivity contribution is -0.192. The highest BCUT2D eigenvalue weighted by atomic mass is 32.2. The summed E-state index contributed by atoms with van der Waals surface area (Å²) < 4.78 is 15.1. The summed E-state index contributed by atoms with van der Waals surface area (Å²) in [6.07, 6.45) is 0. The number of nitrogens with zero attached hydrogens (tertiary/aromatic N) is 2. The van der Waals surface area contributed by atoms with E-state index in [4.69, 9.17) is 19.1 Å². The maximum absolute atomic E-state index is 12.9. The summed E-state index contributed by atoms with van der Waals surface area (Å²) in [6, 6.07) is 1.32. The van der Waals surface area contributed by atoms with Crippen LogP contribution >= 0.6 is 23.5 Å². The largest absolute Gasteiger partial charge is 0.491 e. The normalized spacial score (nSPS) is 22.6. The summed E-state index contributed by atoms with van der Waals surface area (Å²) in [5.41, 5.74) is -1.71. The molecular weight excluding hydrogens is 454 g/mol. The molecule has 31 heavy (non-hydrogen) atoms. The van der Waals surface area contributed by atoms with E-state index in [9.17, 15) is 24.3 Å². The van der Waals surface area contributed by atoms with Gasteiger partial charge in [0, 0.05) is 31.4 Å². The number of hydrogen-bond acceptors (Lipinski definition) is 11. The Morgan fingerprint density at radius 2 is 2.23 bits per heavy atom. The predicted molar refractivity (Wildman–Crippen MR) is 107 cm³/mol. The molecule has 1 aromatic rings. The van der Waals surface area contributed by atoms with E-state index in [2.05, 4.69) is 10.5 Å². The van der Waals surface area contributed by atoms with E-state index in [1.165, 1.54) is 31.9 Å². The molecule has 14 heteroatoms. The number of rotatable bonds is 9. The Morgan fingerprint density at radius 1 is 1.48 bits per heavy atom. The fraction of sp³-hybridized carbons (Fsp3) is 0.471. The molecule has 0 bridgehead atoms. The van der Waals surface area contributed by atoms with Crippen molar-refractivity contribution in [1.29, 1.82) is 0 Å². The molecule has 1 fully saturated rings. The standard InChI is InChI=1S/C17H19N3O9S2/c1-8(21)28-4-9-5-31-16-17(27-2,15(26)20(16)13(9)14(24)25)18-12(23)7-30-6-10-3-11(22)19-29-10/h3,16H,4-7H2,1-2H3,(H,18,23)(H,19,22)(H,24,25)/t16-,17+/m1/s1. The highest BCUT2D eigenvalue weighted by molar-refractivity contribution is 8.00. The van der Waals surface area contributed by atoms with E-state index < -0.39 is 34.9 Å². The number of carboxylic acid groups (broad SMARTS) is 1. The number of aromatic nitrogens is 1. The van der Waals surface area contributed by atoms with Gasteiger partial charge in [-0.25, -0.2) is 4.79 Å². The van der Waals surface area contributed by atoms with Gasteiger partial charge in [0.1, 0.15) is 17.7 Å². The Balaban J connectivity index is 1.67. The third-order valence-corrected chi connectivity index (χ3v) is 6.76. The fourth-order valence-electron chi connectivity index (χ4n) is 3.10. The van der Waals surface area contributed by atoms with Crippen molar-refractivity contribution < 1.29 is 43.4 Å². The highest BCUT2D eigenvalue weighted by Crippen LogP contribution is 2.46. The van der Waals surface area contributed by atoms with Crippen molar-refractivity contribution in [3.63, 3.8) is 0 Å². The molecule has 0 radical (unpaired) electrons. The molecule has 0 aliphatic carbocycles. The van der Waals surface area contributed by atoms with E-state index >= 15 is 0 Å². The van der Waals surface area contributed by atoms with Gasteiger partial charge in [-0.1, -0.05) is 0 Å². The molecule has 0 saturated carbocycles. The second-order valence-corrected chi connectivity index (χ2v) is 8.56. The first-order chi connectivity index (χ1) is 14.7. The molecule has 2 amide bonds. The minimum absolute atomic E-state index is 0.0451. The van der Waals surface area contributed by atoms with Gasteiger partial charge in [0.15, 0.2) is 5.76 Å². The zero-order valence-electron chi connectivity index (χ0n) is 16.4. The van der Waals surface area contributed by atoms with E-state index in [0.29, 0.717) is 5.76 Å². The first-order valence-corrected chi connectivity index (χ1v) is 11.0. The number of ether oxygens (including phenoxy) is 2. The van der Waals surface area contributed by atoms with Crippen molar-refractivity contribution in [3.8, 4) is 5.88 Å². The summed E-state index contributed by atoms with van der Waals surface area (Å²) in [5.74, 6) is -2.64. The van der Waals surface area contributed by atoms with Crippen LogP contribution in [0.2, 0.25) is 0 Å². The summed E-state index contributed by atoms with van der Waals surface area (Å²) in [4.78, 5) is 49.2. The van der Waals surface area contributed by atoms with Gasteiger partial charge in [-0.3, -0.25) is 19.3 Å². The Bertz CT molecular complexity index is 947. The van der Waals surface area contributed by atoms with Gasteiger partial charge in [-0.15, -0.1) is 23.5 Å². The summed E-state index contributed by atoms with van der Waals surface area (Å²) in [5, 5.41) is 23.8. The van der Waals surface area contributed by atoms with Gasteiger partial charge in [-0.05, 0) is 5.16 Å². The zero-order valence-corrected chi connectivity index (χ0v) is 18.1. The zero-order chi connectivity index (χ0) is 22.8. The molecule has 0 aromatic carbocycles. The smallest absolute Gasteiger partial charge is 0.352 e. The maximum Gasteiger partial charge on any atom is 0.352 e.